The number of rotatable bonds is 6. The molecular formula is C19H18Cl2N2O4. The zero-order valence-electron chi connectivity index (χ0n) is 14.8. The highest BCUT2D eigenvalue weighted by molar-refractivity contribution is 6.39. The van der Waals surface area contributed by atoms with Gasteiger partial charge in [-0.1, -0.05) is 41.4 Å². The Kier molecular flexibility index (Phi) is 7.21. The predicted molar refractivity (Wildman–Crippen MR) is 104 cm³/mol. The summed E-state index contributed by atoms with van der Waals surface area (Å²) in [7, 11) is 0. The molecule has 0 aliphatic carbocycles. The van der Waals surface area contributed by atoms with Gasteiger partial charge in [0.2, 0.25) is 5.91 Å². The number of aryl methyl sites for hydroxylation is 1. The molecule has 0 spiro atoms. The Balaban J connectivity index is 1.81. The largest absolute Gasteiger partial charge is 0.452 e. The summed E-state index contributed by atoms with van der Waals surface area (Å²) >= 11 is 11.8. The molecule has 0 fully saturated rings. The van der Waals surface area contributed by atoms with Crippen LogP contribution in [0.4, 0.5) is 5.69 Å². The third kappa shape index (κ3) is 5.70. The second-order valence-corrected chi connectivity index (χ2v) is 6.56. The Morgan fingerprint density at radius 2 is 1.59 bits per heavy atom. The van der Waals surface area contributed by atoms with Crippen LogP contribution in [0.1, 0.15) is 21.5 Å². The number of anilines is 1. The van der Waals surface area contributed by atoms with Crippen molar-refractivity contribution in [1.29, 1.82) is 0 Å². The fraction of sp³-hybridized carbons (Fsp3) is 0.211. The molecule has 0 heterocycles. The molecule has 27 heavy (non-hydrogen) atoms. The molecule has 2 N–H and O–H groups in total. The third-order valence-electron chi connectivity index (χ3n) is 3.83. The number of carbonyl (C=O) groups is 3. The Hall–Kier alpha value is -2.57. The summed E-state index contributed by atoms with van der Waals surface area (Å²) in [6, 6.07) is 10.1. The zero-order valence-corrected chi connectivity index (χ0v) is 16.3. The molecule has 0 unspecified atom stereocenters. The number of ether oxygens (including phenoxy) is 1. The normalized spacial score (nSPS) is 10.2. The molecular weight excluding hydrogens is 391 g/mol. The van der Waals surface area contributed by atoms with E-state index in [4.69, 9.17) is 27.9 Å². The first kappa shape index (κ1) is 20.7. The monoisotopic (exact) mass is 408 g/mol. The van der Waals surface area contributed by atoms with Gasteiger partial charge in [-0.25, -0.2) is 4.79 Å². The summed E-state index contributed by atoms with van der Waals surface area (Å²) in [6.07, 6.45) is 0. The minimum atomic E-state index is -0.819. The number of hydrogen-bond donors (Lipinski definition) is 2. The van der Waals surface area contributed by atoms with Crippen LogP contribution in [0.25, 0.3) is 0 Å². The molecule has 2 aromatic rings. The lowest BCUT2D eigenvalue weighted by atomic mass is 10.1. The second-order valence-electron chi connectivity index (χ2n) is 5.75. The highest BCUT2D eigenvalue weighted by Crippen LogP contribution is 2.24. The summed E-state index contributed by atoms with van der Waals surface area (Å²) in [5, 5.41) is 5.35. The van der Waals surface area contributed by atoms with Gasteiger partial charge in [0.25, 0.3) is 5.91 Å². The van der Waals surface area contributed by atoms with Crippen molar-refractivity contribution in [2.45, 2.75) is 13.8 Å². The SMILES string of the molecule is Cc1cccc(NC(=O)CNC(=O)COC(=O)c2c(Cl)cccc2Cl)c1C. The van der Waals surface area contributed by atoms with E-state index < -0.39 is 24.4 Å². The molecule has 2 amide bonds. The number of halogens is 2. The van der Waals surface area contributed by atoms with E-state index in [1.165, 1.54) is 12.1 Å². The minimum absolute atomic E-state index is 0.0127. The molecule has 0 aromatic heterocycles. The van der Waals surface area contributed by atoms with Crippen LogP contribution in [-0.2, 0) is 14.3 Å². The van der Waals surface area contributed by atoms with Crippen molar-refractivity contribution in [3.63, 3.8) is 0 Å². The van der Waals surface area contributed by atoms with Crippen LogP contribution in [0.5, 0.6) is 0 Å². The van der Waals surface area contributed by atoms with Gasteiger partial charge in [0.15, 0.2) is 6.61 Å². The zero-order chi connectivity index (χ0) is 20.0. The van der Waals surface area contributed by atoms with Crippen LogP contribution in [-0.4, -0.2) is 30.9 Å². The van der Waals surface area contributed by atoms with Crippen LogP contribution >= 0.6 is 23.2 Å². The van der Waals surface area contributed by atoms with E-state index in [-0.39, 0.29) is 22.2 Å². The van der Waals surface area contributed by atoms with E-state index in [1.54, 1.807) is 12.1 Å². The Bertz CT molecular complexity index is 864. The number of benzene rings is 2. The Morgan fingerprint density at radius 3 is 2.26 bits per heavy atom. The maximum absolute atomic E-state index is 12.0. The first-order valence-corrected chi connectivity index (χ1v) is 8.79. The number of hydrogen-bond acceptors (Lipinski definition) is 4. The quantitative estimate of drug-likeness (QED) is 0.716. The topological polar surface area (TPSA) is 84.5 Å². The lowest BCUT2D eigenvalue weighted by Gasteiger charge is -2.11. The first-order chi connectivity index (χ1) is 12.8. The highest BCUT2D eigenvalue weighted by atomic mass is 35.5. The molecule has 0 bridgehead atoms. The fourth-order valence-corrected chi connectivity index (χ4v) is 2.76. The van der Waals surface area contributed by atoms with E-state index in [0.29, 0.717) is 5.69 Å². The van der Waals surface area contributed by atoms with E-state index in [2.05, 4.69) is 10.6 Å². The third-order valence-corrected chi connectivity index (χ3v) is 4.46. The molecule has 0 aliphatic rings. The van der Waals surface area contributed by atoms with Crippen molar-refractivity contribution in [2.24, 2.45) is 0 Å². The number of amides is 2. The van der Waals surface area contributed by atoms with Gasteiger partial charge in [0.05, 0.1) is 22.2 Å². The Morgan fingerprint density at radius 1 is 0.963 bits per heavy atom. The van der Waals surface area contributed by atoms with E-state index >= 15 is 0 Å². The highest BCUT2D eigenvalue weighted by Gasteiger charge is 2.17. The summed E-state index contributed by atoms with van der Waals surface area (Å²) in [6.45, 7) is 3.02. The van der Waals surface area contributed by atoms with Gasteiger partial charge in [0.1, 0.15) is 0 Å². The number of esters is 1. The van der Waals surface area contributed by atoms with Crippen molar-refractivity contribution >= 4 is 46.7 Å². The van der Waals surface area contributed by atoms with Crippen molar-refractivity contribution in [2.75, 3.05) is 18.5 Å². The molecule has 6 nitrogen and oxygen atoms in total. The van der Waals surface area contributed by atoms with Crippen molar-refractivity contribution in [1.82, 2.24) is 5.32 Å². The molecule has 0 saturated heterocycles. The van der Waals surface area contributed by atoms with Crippen molar-refractivity contribution in [3.8, 4) is 0 Å². The van der Waals surface area contributed by atoms with Gasteiger partial charge in [-0.2, -0.15) is 0 Å². The Labute approximate surface area is 166 Å². The number of nitrogens with one attached hydrogen (secondary N) is 2. The summed E-state index contributed by atoms with van der Waals surface area (Å²) in [4.78, 5) is 35.7. The molecule has 0 aliphatic heterocycles. The molecule has 0 saturated carbocycles. The number of carbonyl (C=O) groups excluding carboxylic acids is 3. The first-order valence-electron chi connectivity index (χ1n) is 8.03. The van der Waals surface area contributed by atoms with Crippen molar-refractivity contribution in [3.05, 3.63) is 63.1 Å². The van der Waals surface area contributed by atoms with Gasteiger partial charge in [-0.15, -0.1) is 0 Å². The van der Waals surface area contributed by atoms with Crippen LogP contribution in [0.3, 0.4) is 0 Å². The minimum Gasteiger partial charge on any atom is -0.452 e. The van der Waals surface area contributed by atoms with Gasteiger partial charge < -0.3 is 15.4 Å². The summed E-state index contributed by atoms with van der Waals surface area (Å²) in [5.41, 5.74) is 2.65. The second kappa shape index (κ2) is 9.39. The van der Waals surface area contributed by atoms with E-state index in [1.807, 2.05) is 26.0 Å². The van der Waals surface area contributed by atoms with Gasteiger partial charge in [-0.3, -0.25) is 9.59 Å². The molecule has 142 valence electrons. The van der Waals surface area contributed by atoms with E-state index in [9.17, 15) is 14.4 Å². The summed E-state index contributed by atoms with van der Waals surface area (Å²) < 4.78 is 4.89. The molecule has 8 heteroatoms. The van der Waals surface area contributed by atoms with Crippen LogP contribution in [0.15, 0.2) is 36.4 Å². The van der Waals surface area contributed by atoms with Gasteiger partial charge in [0, 0.05) is 5.69 Å². The van der Waals surface area contributed by atoms with Crippen molar-refractivity contribution < 1.29 is 19.1 Å². The molecule has 2 aromatic carbocycles. The fourth-order valence-electron chi connectivity index (χ4n) is 2.21. The van der Waals surface area contributed by atoms with Gasteiger partial charge in [-0.05, 0) is 43.2 Å². The average molecular weight is 409 g/mol. The average Bonchev–Trinajstić information content (AvgIpc) is 2.62. The maximum atomic E-state index is 12.0. The van der Waals surface area contributed by atoms with Crippen LogP contribution in [0, 0.1) is 13.8 Å². The smallest absolute Gasteiger partial charge is 0.341 e. The maximum Gasteiger partial charge on any atom is 0.341 e. The molecule has 2 rings (SSSR count). The summed E-state index contributed by atoms with van der Waals surface area (Å²) in [5.74, 6) is -1.83. The standard InChI is InChI=1S/C19H18Cl2N2O4/c1-11-5-3-8-15(12(11)2)23-16(24)9-22-17(25)10-27-19(26)18-13(20)6-4-7-14(18)21/h3-8H,9-10H2,1-2H3,(H,22,25)(H,23,24). The van der Waals surface area contributed by atoms with E-state index in [0.717, 1.165) is 11.1 Å². The molecule has 0 atom stereocenters. The lowest BCUT2D eigenvalue weighted by Crippen LogP contribution is -2.35. The van der Waals surface area contributed by atoms with Gasteiger partial charge >= 0.3 is 5.97 Å². The van der Waals surface area contributed by atoms with Crippen LogP contribution in [0.2, 0.25) is 10.0 Å². The predicted octanol–water partition coefficient (Wildman–Crippen LogP) is 3.52. The molecule has 0 radical (unpaired) electrons. The lowest BCUT2D eigenvalue weighted by molar-refractivity contribution is -0.126. The van der Waals surface area contributed by atoms with Crippen LogP contribution < -0.4 is 10.6 Å².